The molecule has 4 heterocycles. The van der Waals surface area contributed by atoms with Crippen LogP contribution in [-0.2, 0) is 11.2 Å². The molecule has 31 heavy (non-hydrogen) atoms. The number of aromatic nitrogens is 2. The molecule has 9 heteroatoms. The summed E-state index contributed by atoms with van der Waals surface area (Å²) in [6.07, 6.45) is 7.46. The van der Waals surface area contributed by atoms with Crippen LogP contribution in [0.25, 0.3) is 10.8 Å². The van der Waals surface area contributed by atoms with Gasteiger partial charge in [0, 0.05) is 60.4 Å². The normalized spacial score (nSPS) is 16.6. The Morgan fingerprint density at radius 2 is 2.00 bits per heavy atom. The molecule has 2 saturated heterocycles. The average Bonchev–Trinajstić information content (AvgIpc) is 3.43. The van der Waals surface area contributed by atoms with Gasteiger partial charge in [0.1, 0.15) is 0 Å². The van der Waals surface area contributed by atoms with Gasteiger partial charge < -0.3 is 15.5 Å². The number of nitrogens with zero attached hydrogens (tertiary/aromatic N) is 4. The minimum Gasteiger partial charge on any atom is -0.371 e. The van der Waals surface area contributed by atoms with E-state index in [1.165, 1.54) is 36.3 Å². The van der Waals surface area contributed by atoms with Gasteiger partial charge in [-0.2, -0.15) is 0 Å². The van der Waals surface area contributed by atoms with E-state index in [1.807, 2.05) is 23.7 Å². The van der Waals surface area contributed by atoms with Crippen LogP contribution in [0.2, 0.25) is 0 Å². The number of carbonyl (C=O) groups excluding carboxylic acids is 2. The van der Waals surface area contributed by atoms with Crippen LogP contribution in [0.1, 0.15) is 25.0 Å². The summed E-state index contributed by atoms with van der Waals surface area (Å²) in [5.74, 6) is -0.140. The molecule has 0 bridgehead atoms. The highest BCUT2D eigenvalue weighted by atomic mass is 32.1. The summed E-state index contributed by atoms with van der Waals surface area (Å²) < 4.78 is 0. The molecule has 1 aromatic carbocycles. The highest BCUT2D eigenvalue weighted by molar-refractivity contribution is 7.14. The van der Waals surface area contributed by atoms with Crippen molar-refractivity contribution in [2.45, 2.75) is 25.7 Å². The Kier molecular flexibility index (Phi) is 5.42. The van der Waals surface area contributed by atoms with E-state index >= 15 is 0 Å². The molecule has 160 valence electrons. The summed E-state index contributed by atoms with van der Waals surface area (Å²) in [6, 6.07) is 5.93. The third-order valence-electron chi connectivity index (χ3n) is 5.73. The van der Waals surface area contributed by atoms with Crippen molar-refractivity contribution in [1.82, 2.24) is 15.3 Å². The van der Waals surface area contributed by atoms with Crippen molar-refractivity contribution in [2.75, 3.05) is 41.3 Å². The monoisotopic (exact) mass is 436 g/mol. The number of hydrogen-bond acceptors (Lipinski definition) is 6. The molecule has 0 unspecified atom stereocenters. The lowest BCUT2D eigenvalue weighted by Gasteiger charge is -2.30. The fraction of sp³-hybridized carbons (Fsp3) is 0.364. The number of anilines is 3. The molecule has 8 nitrogen and oxygen atoms in total. The van der Waals surface area contributed by atoms with E-state index in [4.69, 9.17) is 0 Å². The third kappa shape index (κ3) is 4.05. The Labute approximate surface area is 184 Å². The Bertz CT molecular complexity index is 1120. The van der Waals surface area contributed by atoms with E-state index in [9.17, 15) is 9.59 Å². The predicted octanol–water partition coefficient (Wildman–Crippen LogP) is 3.39. The van der Waals surface area contributed by atoms with Crippen molar-refractivity contribution in [3.8, 4) is 0 Å². The molecule has 2 aliphatic heterocycles. The molecule has 3 aromatic rings. The van der Waals surface area contributed by atoms with Crippen LogP contribution in [0.4, 0.5) is 21.3 Å². The predicted molar refractivity (Wildman–Crippen MR) is 123 cm³/mol. The molecular formula is C22H24N6O2S. The Balaban J connectivity index is 1.33. The van der Waals surface area contributed by atoms with Gasteiger partial charge in [-0.3, -0.25) is 14.7 Å². The number of piperidine rings is 1. The molecule has 2 aliphatic rings. The molecule has 2 N–H and O–H groups in total. The van der Waals surface area contributed by atoms with Gasteiger partial charge in [-0.15, -0.1) is 11.3 Å². The summed E-state index contributed by atoms with van der Waals surface area (Å²) in [6.45, 7) is 3.33. The van der Waals surface area contributed by atoms with Gasteiger partial charge in [-0.05, 0) is 37.5 Å². The number of urea groups is 1. The zero-order chi connectivity index (χ0) is 21.2. The maximum atomic E-state index is 12.7. The van der Waals surface area contributed by atoms with Crippen molar-refractivity contribution in [2.24, 2.45) is 0 Å². The van der Waals surface area contributed by atoms with Gasteiger partial charge in [-0.25, -0.2) is 9.78 Å². The second-order valence-corrected chi connectivity index (χ2v) is 8.67. The van der Waals surface area contributed by atoms with E-state index in [0.29, 0.717) is 23.9 Å². The first kappa shape index (κ1) is 19.7. The van der Waals surface area contributed by atoms with Crippen LogP contribution >= 0.6 is 11.3 Å². The number of rotatable bonds is 5. The van der Waals surface area contributed by atoms with Gasteiger partial charge in [0.25, 0.3) is 0 Å². The fourth-order valence-electron chi connectivity index (χ4n) is 4.21. The standard InChI is InChI=1S/C22H24N6O2S/c29-20(12-15-14-31-22(25-15)28-11-8-24-21(28)30)26-18-4-5-19(27-9-2-1-3-10-27)16-6-7-23-13-17(16)18/h4-7,13-14H,1-3,8-12H2,(H,24,30)(H,26,29). The maximum Gasteiger partial charge on any atom is 0.323 e. The number of thiazole rings is 1. The van der Waals surface area contributed by atoms with E-state index < -0.39 is 0 Å². The van der Waals surface area contributed by atoms with Crippen LogP contribution in [-0.4, -0.2) is 48.1 Å². The summed E-state index contributed by atoms with van der Waals surface area (Å²) in [7, 11) is 0. The topological polar surface area (TPSA) is 90.5 Å². The van der Waals surface area contributed by atoms with Crippen LogP contribution < -0.4 is 20.4 Å². The molecule has 3 amide bonds. The first-order chi connectivity index (χ1) is 15.2. The molecule has 0 saturated carbocycles. The number of carbonyl (C=O) groups is 2. The Morgan fingerprint density at radius 3 is 2.81 bits per heavy atom. The second kappa shape index (κ2) is 8.50. The second-order valence-electron chi connectivity index (χ2n) is 7.83. The fourth-order valence-corrected chi connectivity index (χ4v) is 5.06. The molecule has 2 aromatic heterocycles. The minimum absolute atomic E-state index is 0.140. The van der Waals surface area contributed by atoms with Crippen LogP contribution in [0, 0.1) is 0 Å². The van der Waals surface area contributed by atoms with Crippen molar-refractivity contribution in [1.29, 1.82) is 0 Å². The first-order valence-corrected chi connectivity index (χ1v) is 11.5. The van der Waals surface area contributed by atoms with Gasteiger partial charge in [0.05, 0.1) is 17.8 Å². The average molecular weight is 437 g/mol. The number of nitrogens with one attached hydrogen (secondary N) is 2. The lowest BCUT2D eigenvalue weighted by molar-refractivity contribution is -0.115. The molecule has 0 aliphatic carbocycles. The van der Waals surface area contributed by atoms with E-state index in [0.717, 1.165) is 29.5 Å². The van der Waals surface area contributed by atoms with Gasteiger partial charge in [0.15, 0.2) is 5.13 Å². The summed E-state index contributed by atoms with van der Waals surface area (Å²) in [5, 5.41) is 10.3. The quantitative estimate of drug-likeness (QED) is 0.640. The number of fused-ring (bicyclic) bond motifs is 1. The summed E-state index contributed by atoms with van der Waals surface area (Å²) in [4.78, 5) is 37.3. The van der Waals surface area contributed by atoms with Crippen molar-refractivity contribution in [3.05, 3.63) is 41.7 Å². The Morgan fingerprint density at radius 1 is 1.13 bits per heavy atom. The largest absolute Gasteiger partial charge is 0.371 e. The number of hydrogen-bond donors (Lipinski definition) is 2. The van der Waals surface area contributed by atoms with Gasteiger partial charge >= 0.3 is 6.03 Å². The minimum atomic E-state index is -0.141. The van der Waals surface area contributed by atoms with E-state index in [-0.39, 0.29) is 18.4 Å². The maximum absolute atomic E-state index is 12.7. The molecule has 2 fully saturated rings. The zero-order valence-corrected chi connectivity index (χ0v) is 18.0. The van der Waals surface area contributed by atoms with Crippen molar-refractivity contribution >= 4 is 50.6 Å². The van der Waals surface area contributed by atoms with Crippen molar-refractivity contribution in [3.63, 3.8) is 0 Å². The molecule has 0 spiro atoms. The summed E-state index contributed by atoms with van der Waals surface area (Å²) >= 11 is 1.38. The molecule has 5 rings (SSSR count). The SMILES string of the molecule is O=C(Cc1csc(N2CCNC2=O)n1)Nc1ccc(N2CCCCC2)c2ccncc12. The lowest BCUT2D eigenvalue weighted by Crippen LogP contribution is -2.29. The Hall–Kier alpha value is -3.20. The number of benzene rings is 1. The molecule has 0 atom stereocenters. The van der Waals surface area contributed by atoms with Crippen LogP contribution in [0.5, 0.6) is 0 Å². The first-order valence-electron chi connectivity index (χ1n) is 10.6. The van der Waals surface area contributed by atoms with Crippen molar-refractivity contribution < 1.29 is 9.59 Å². The smallest absolute Gasteiger partial charge is 0.323 e. The van der Waals surface area contributed by atoms with E-state index in [1.54, 1.807) is 11.1 Å². The highest BCUT2D eigenvalue weighted by Crippen LogP contribution is 2.33. The lowest BCUT2D eigenvalue weighted by atomic mass is 10.0. The summed E-state index contributed by atoms with van der Waals surface area (Å²) in [5.41, 5.74) is 2.61. The molecular weight excluding hydrogens is 412 g/mol. The third-order valence-corrected chi connectivity index (χ3v) is 6.65. The van der Waals surface area contributed by atoms with Crippen LogP contribution in [0.3, 0.4) is 0 Å². The van der Waals surface area contributed by atoms with Gasteiger partial charge in [-0.1, -0.05) is 0 Å². The van der Waals surface area contributed by atoms with Gasteiger partial charge in [0.2, 0.25) is 5.91 Å². The van der Waals surface area contributed by atoms with Crippen LogP contribution in [0.15, 0.2) is 36.0 Å². The zero-order valence-electron chi connectivity index (χ0n) is 17.1. The number of amides is 3. The number of pyridine rings is 1. The highest BCUT2D eigenvalue weighted by Gasteiger charge is 2.24. The molecule has 0 radical (unpaired) electrons. The van der Waals surface area contributed by atoms with E-state index in [2.05, 4.69) is 31.6 Å².